The number of hydrogen-bond acceptors (Lipinski definition) is 2. The lowest BCUT2D eigenvalue weighted by Gasteiger charge is -2.29. The van der Waals surface area contributed by atoms with Crippen LogP contribution in [0.4, 0.5) is 0 Å². The lowest BCUT2D eigenvalue weighted by molar-refractivity contribution is 0.289. The van der Waals surface area contributed by atoms with Gasteiger partial charge in [-0.15, -0.1) is 0 Å². The van der Waals surface area contributed by atoms with E-state index in [0.717, 1.165) is 11.1 Å². The molecule has 0 saturated carbocycles. The predicted molar refractivity (Wildman–Crippen MR) is 76.2 cm³/mol. The van der Waals surface area contributed by atoms with Crippen molar-refractivity contribution in [1.82, 2.24) is 4.90 Å². The topological polar surface area (TPSA) is 27.0 Å². The van der Waals surface area contributed by atoms with E-state index in [9.17, 15) is 5.26 Å². The average molecular weight is 240 g/mol. The minimum Gasteiger partial charge on any atom is -0.306 e. The zero-order chi connectivity index (χ0) is 13.5. The molecule has 0 unspecified atom stereocenters. The van der Waals surface area contributed by atoms with Crippen LogP contribution in [0.15, 0.2) is 54.6 Å². The van der Waals surface area contributed by atoms with Crippen molar-refractivity contribution in [2.45, 2.75) is 18.9 Å². The van der Waals surface area contributed by atoms with Crippen molar-refractivity contribution in [1.29, 1.82) is 5.26 Å². The number of nitriles is 1. The first kappa shape index (κ1) is 14.2. The molecule has 0 aliphatic heterocycles. The van der Waals surface area contributed by atoms with E-state index in [1.807, 2.05) is 32.3 Å². The molecule has 1 rings (SSSR count). The smallest absolute Gasteiger partial charge is 0.0954 e. The maximum atomic E-state index is 9.33. The molecule has 0 fully saturated rings. The quantitative estimate of drug-likeness (QED) is 0.583. The molecule has 0 spiro atoms. The molecule has 2 heteroatoms. The van der Waals surface area contributed by atoms with Gasteiger partial charge in [-0.25, -0.2) is 0 Å². The van der Waals surface area contributed by atoms with E-state index < -0.39 is 0 Å². The molecular weight excluding hydrogens is 220 g/mol. The van der Waals surface area contributed by atoms with E-state index >= 15 is 0 Å². The fourth-order valence-electron chi connectivity index (χ4n) is 2.01. The molecule has 0 bridgehead atoms. The maximum Gasteiger partial charge on any atom is 0.0954 e. The first-order valence-corrected chi connectivity index (χ1v) is 6.06. The van der Waals surface area contributed by atoms with E-state index in [-0.39, 0.29) is 12.0 Å². The van der Waals surface area contributed by atoms with Gasteiger partial charge in [0.15, 0.2) is 0 Å². The molecule has 2 atom stereocenters. The third kappa shape index (κ3) is 3.32. The van der Waals surface area contributed by atoms with Crippen molar-refractivity contribution >= 4 is 0 Å². The van der Waals surface area contributed by atoms with Crippen molar-refractivity contribution in [2.75, 3.05) is 14.1 Å². The van der Waals surface area contributed by atoms with Gasteiger partial charge in [0.1, 0.15) is 0 Å². The molecule has 2 nitrogen and oxygen atoms in total. The summed E-state index contributed by atoms with van der Waals surface area (Å²) < 4.78 is 0. The van der Waals surface area contributed by atoms with Gasteiger partial charge in [0.25, 0.3) is 0 Å². The molecule has 0 N–H and O–H groups in total. The van der Waals surface area contributed by atoms with Gasteiger partial charge in [-0.2, -0.15) is 5.26 Å². The van der Waals surface area contributed by atoms with Crippen molar-refractivity contribution in [2.24, 2.45) is 0 Å². The van der Waals surface area contributed by atoms with Gasteiger partial charge in [0.05, 0.1) is 6.07 Å². The summed E-state index contributed by atoms with van der Waals surface area (Å²) in [6.07, 6.45) is 3.48. The third-order valence-corrected chi connectivity index (χ3v) is 3.22. The summed E-state index contributed by atoms with van der Waals surface area (Å²) in [5.74, 6) is 0.0733. The fraction of sp³-hybridized carbons (Fsp3) is 0.312. The van der Waals surface area contributed by atoms with Crippen LogP contribution in [-0.2, 0) is 0 Å². The Morgan fingerprint density at radius 3 is 2.39 bits per heavy atom. The Kier molecular flexibility index (Phi) is 5.35. The summed E-state index contributed by atoms with van der Waals surface area (Å²) >= 11 is 0. The highest BCUT2D eigenvalue weighted by Crippen LogP contribution is 2.29. The Bertz CT molecular complexity index is 452. The second-order valence-corrected chi connectivity index (χ2v) is 4.56. The summed E-state index contributed by atoms with van der Waals surface area (Å²) in [6.45, 7) is 5.82. The highest BCUT2D eigenvalue weighted by atomic mass is 15.1. The standard InChI is InChI=1S/C16H20N2/c1-5-9-15(12-17)16(13(2)18(3)4)14-10-7-6-8-11-14/h5-11,13,16H,1H2,2-4H3/b15-9-/t13-,16+/m0/s1. The van der Waals surface area contributed by atoms with Gasteiger partial charge >= 0.3 is 0 Å². The Balaban J connectivity index is 3.23. The van der Waals surface area contributed by atoms with E-state index in [1.165, 1.54) is 0 Å². The van der Waals surface area contributed by atoms with Crippen molar-refractivity contribution < 1.29 is 0 Å². The molecule has 0 radical (unpaired) electrons. The van der Waals surface area contributed by atoms with Gasteiger partial charge in [-0.05, 0) is 32.7 Å². The predicted octanol–water partition coefficient (Wildman–Crippen LogP) is 3.36. The van der Waals surface area contributed by atoms with E-state index in [4.69, 9.17) is 0 Å². The van der Waals surface area contributed by atoms with Gasteiger partial charge in [-0.1, -0.05) is 43.0 Å². The minimum atomic E-state index is 0.0733. The van der Waals surface area contributed by atoms with Crippen LogP contribution in [0.1, 0.15) is 18.4 Å². The van der Waals surface area contributed by atoms with Crippen LogP contribution < -0.4 is 0 Å². The van der Waals surface area contributed by atoms with Crippen LogP contribution >= 0.6 is 0 Å². The van der Waals surface area contributed by atoms with Crippen LogP contribution in [0.2, 0.25) is 0 Å². The molecule has 0 aliphatic rings. The maximum absolute atomic E-state index is 9.33. The van der Waals surface area contributed by atoms with E-state index in [0.29, 0.717) is 0 Å². The highest BCUT2D eigenvalue weighted by Gasteiger charge is 2.24. The monoisotopic (exact) mass is 240 g/mol. The molecule has 1 aromatic carbocycles. The summed E-state index contributed by atoms with van der Waals surface area (Å²) in [6, 6.07) is 12.7. The number of nitrogens with zero attached hydrogens (tertiary/aromatic N) is 2. The number of benzene rings is 1. The molecule has 0 aromatic heterocycles. The molecule has 0 saturated heterocycles. The molecular formula is C16H20N2. The van der Waals surface area contributed by atoms with Crippen LogP contribution in [0.25, 0.3) is 0 Å². The molecule has 0 amide bonds. The first-order chi connectivity index (χ1) is 8.61. The second kappa shape index (κ2) is 6.78. The van der Waals surface area contributed by atoms with Crippen LogP contribution in [0.3, 0.4) is 0 Å². The number of rotatable bonds is 5. The Morgan fingerprint density at radius 2 is 1.94 bits per heavy atom. The van der Waals surface area contributed by atoms with Crippen molar-refractivity contribution in [3.05, 3.63) is 60.2 Å². The Morgan fingerprint density at radius 1 is 1.33 bits per heavy atom. The van der Waals surface area contributed by atoms with Gasteiger partial charge in [0.2, 0.25) is 0 Å². The lowest BCUT2D eigenvalue weighted by atomic mass is 9.85. The highest BCUT2D eigenvalue weighted by molar-refractivity contribution is 5.39. The first-order valence-electron chi connectivity index (χ1n) is 6.06. The van der Waals surface area contributed by atoms with Crippen LogP contribution in [0, 0.1) is 11.3 Å². The number of hydrogen-bond donors (Lipinski definition) is 0. The van der Waals surface area contributed by atoms with Crippen molar-refractivity contribution in [3.8, 4) is 6.07 Å². The lowest BCUT2D eigenvalue weighted by Crippen LogP contribution is -2.32. The van der Waals surface area contributed by atoms with Crippen molar-refractivity contribution in [3.63, 3.8) is 0 Å². The number of allylic oxidation sites excluding steroid dienone is 2. The van der Waals surface area contributed by atoms with Gasteiger partial charge in [-0.3, -0.25) is 0 Å². The van der Waals surface area contributed by atoms with Gasteiger partial charge < -0.3 is 4.90 Å². The zero-order valence-corrected chi connectivity index (χ0v) is 11.3. The molecule has 0 aliphatic carbocycles. The molecule has 0 heterocycles. The van der Waals surface area contributed by atoms with Crippen LogP contribution in [-0.4, -0.2) is 25.0 Å². The SMILES string of the molecule is C=C/C=C(/C#N)[C@@H](c1ccccc1)[C@H](C)N(C)C. The molecule has 94 valence electrons. The fourth-order valence-corrected chi connectivity index (χ4v) is 2.01. The Labute approximate surface area is 110 Å². The van der Waals surface area contributed by atoms with E-state index in [2.05, 4.69) is 36.6 Å². The summed E-state index contributed by atoms with van der Waals surface area (Å²) in [5, 5.41) is 9.33. The largest absolute Gasteiger partial charge is 0.306 e. The second-order valence-electron chi connectivity index (χ2n) is 4.56. The zero-order valence-electron chi connectivity index (χ0n) is 11.3. The minimum absolute atomic E-state index is 0.0733. The summed E-state index contributed by atoms with van der Waals surface area (Å²) in [7, 11) is 4.06. The third-order valence-electron chi connectivity index (χ3n) is 3.22. The van der Waals surface area contributed by atoms with Gasteiger partial charge in [0, 0.05) is 17.5 Å². The average Bonchev–Trinajstić information content (AvgIpc) is 2.39. The normalized spacial score (nSPS) is 14.9. The Hall–Kier alpha value is -1.85. The number of likely N-dealkylation sites (N-methyl/N-ethyl adjacent to an activating group) is 1. The van der Waals surface area contributed by atoms with Crippen LogP contribution in [0.5, 0.6) is 0 Å². The summed E-state index contributed by atoms with van der Waals surface area (Å²) in [4.78, 5) is 2.13. The molecule has 18 heavy (non-hydrogen) atoms. The molecule has 1 aromatic rings. The summed E-state index contributed by atoms with van der Waals surface area (Å²) in [5.41, 5.74) is 1.91. The van der Waals surface area contributed by atoms with E-state index in [1.54, 1.807) is 12.2 Å².